The fourth-order valence-corrected chi connectivity index (χ4v) is 3.84. The molecule has 2 rings (SSSR count). The van der Waals surface area contributed by atoms with Gasteiger partial charge in [0.15, 0.2) is 0 Å². The van der Waals surface area contributed by atoms with Crippen LogP contribution in [0.5, 0.6) is 0 Å². The molecular formula is C18H37N. The first kappa shape index (κ1) is 17.0. The Morgan fingerprint density at radius 1 is 1.00 bits per heavy atom. The van der Waals surface area contributed by atoms with Gasteiger partial charge in [-0.15, -0.1) is 0 Å². The fraction of sp³-hybridized carbons (Fsp3) is 1.00. The molecule has 0 spiro atoms. The molecule has 0 aromatic carbocycles. The first-order valence-corrected chi connectivity index (χ1v) is 8.54. The van der Waals surface area contributed by atoms with E-state index in [0.717, 1.165) is 12.0 Å². The summed E-state index contributed by atoms with van der Waals surface area (Å²) in [6.45, 7) is 18.9. The molecule has 1 saturated heterocycles. The van der Waals surface area contributed by atoms with Gasteiger partial charge in [0.25, 0.3) is 0 Å². The quantitative estimate of drug-likeness (QED) is 0.619. The summed E-state index contributed by atoms with van der Waals surface area (Å²) in [6.07, 6.45) is 7.08. The van der Waals surface area contributed by atoms with Crippen LogP contribution in [0.25, 0.3) is 0 Å². The number of hydrogen-bond acceptors (Lipinski definition) is 1. The summed E-state index contributed by atoms with van der Waals surface area (Å²) in [5.41, 5.74) is 1.09. The van der Waals surface area contributed by atoms with E-state index in [0.29, 0.717) is 10.8 Å². The SMILES string of the molecule is CC.CC1CCC(N2CCCC(C)(C)C2)CC1(C)C. The zero-order valence-electron chi connectivity index (χ0n) is 14.6. The molecule has 1 saturated carbocycles. The van der Waals surface area contributed by atoms with Crippen molar-refractivity contribution in [1.29, 1.82) is 0 Å². The van der Waals surface area contributed by atoms with E-state index in [-0.39, 0.29) is 0 Å². The van der Waals surface area contributed by atoms with Crippen molar-refractivity contribution >= 4 is 0 Å². The number of piperidine rings is 1. The Morgan fingerprint density at radius 2 is 1.63 bits per heavy atom. The lowest BCUT2D eigenvalue weighted by Gasteiger charge is -2.48. The van der Waals surface area contributed by atoms with Crippen molar-refractivity contribution in [1.82, 2.24) is 4.90 Å². The van der Waals surface area contributed by atoms with Gasteiger partial charge in [0, 0.05) is 12.6 Å². The van der Waals surface area contributed by atoms with Gasteiger partial charge in [0.05, 0.1) is 0 Å². The van der Waals surface area contributed by atoms with Crippen LogP contribution in [0.15, 0.2) is 0 Å². The van der Waals surface area contributed by atoms with E-state index < -0.39 is 0 Å². The second kappa shape index (κ2) is 6.61. The van der Waals surface area contributed by atoms with E-state index in [9.17, 15) is 0 Å². The molecule has 1 aliphatic carbocycles. The molecular weight excluding hydrogens is 230 g/mol. The lowest BCUT2D eigenvalue weighted by Crippen LogP contribution is -2.49. The Hall–Kier alpha value is -0.0400. The second-order valence-corrected chi connectivity index (χ2v) is 8.06. The van der Waals surface area contributed by atoms with E-state index in [1.165, 1.54) is 45.2 Å². The molecule has 2 aliphatic rings. The first-order valence-electron chi connectivity index (χ1n) is 8.54. The van der Waals surface area contributed by atoms with Crippen LogP contribution in [0.3, 0.4) is 0 Å². The van der Waals surface area contributed by atoms with Crippen LogP contribution in [0.1, 0.15) is 80.6 Å². The number of nitrogens with zero attached hydrogens (tertiary/aromatic N) is 1. The van der Waals surface area contributed by atoms with Gasteiger partial charge in [-0.1, -0.05) is 48.5 Å². The van der Waals surface area contributed by atoms with Crippen LogP contribution >= 0.6 is 0 Å². The van der Waals surface area contributed by atoms with Crippen molar-refractivity contribution in [3.63, 3.8) is 0 Å². The number of rotatable bonds is 1. The molecule has 19 heavy (non-hydrogen) atoms. The van der Waals surface area contributed by atoms with Crippen molar-refractivity contribution < 1.29 is 0 Å². The molecule has 2 fully saturated rings. The van der Waals surface area contributed by atoms with Crippen LogP contribution in [0.4, 0.5) is 0 Å². The third-order valence-corrected chi connectivity index (χ3v) is 5.48. The average molecular weight is 268 g/mol. The lowest BCUT2D eigenvalue weighted by molar-refractivity contribution is 0.0134. The van der Waals surface area contributed by atoms with Crippen molar-refractivity contribution in [3.8, 4) is 0 Å². The highest BCUT2D eigenvalue weighted by molar-refractivity contribution is 4.91. The maximum Gasteiger partial charge on any atom is 0.0101 e. The zero-order chi connectivity index (χ0) is 14.7. The molecule has 0 aromatic rings. The standard InChI is InChI=1S/C16H31N.C2H6/c1-13-7-8-14(11-16(13,4)5)17-10-6-9-15(2,3)12-17;1-2/h13-14H,6-12H2,1-5H3;1-2H3. The summed E-state index contributed by atoms with van der Waals surface area (Å²) in [4.78, 5) is 2.80. The van der Waals surface area contributed by atoms with E-state index >= 15 is 0 Å². The molecule has 0 N–H and O–H groups in total. The molecule has 2 atom stereocenters. The van der Waals surface area contributed by atoms with Gasteiger partial charge in [-0.3, -0.25) is 4.90 Å². The molecule has 1 aliphatic heterocycles. The maximum atomic E-state index is 2.80. The Morgan fingerprint density at radius 3 is 2.16 bits per heavy atom. The summed E-state index contributed by atoms with van der Waals surface area (Å²) in [7, 11) is 0. The number of likely N-dealkylation sites (tertiary alicyclic amines) is 1. The predicted molar refractivity (Wildman–Crippen MR) is 86.5 cm³/mol. The minimum Gasteiger partial charge on any atom is -0.300 e. The van der Waals surface area contributed by atoms with Crippen LogP contribution in [0, 0.1) is 16.7 Å². The molecule has 114 valence electrons. The summed E-state index contributed by atoms with van der Waals surface area (Å²) in [6, 6.07) is 0.862. The van der Waals surface area contributed by atoms with E-state index in [2.05, 4.69) is 39.5 Å². The number of hydrogen-bond donors (Lipinski definition) is 0. The Labute approximate surface area is 122 Å². The Bertz CT molecular complexity index is 267. The van der Waals surface area contributed by atoms with E-state index in [1.54, 1.807) is 0 Å². The Kier molecular flexibility index (Phi) is 5.92. The zero-order valence-corrected chi connectivity index (χ0v) is 14.6. The maximum absolute atomic E-state index is 2.80. The molecule has 0 bridgehead atoms. The van der Waals surface area contributed by atoms with Gasteiger partial charge in [0.2, 0.25) is 0 Å². The lowest BCUT2D eigenvalue weighted by atomic mass is 9.67. The summed E-state index contributed by atoms with van der Waals surface area (Å²) < 4.78 is 0. The molecule has 0 amide bonds. The molecule has 1 nitrogen and oxygen atoms in total. The van der Waals surface area contributed by atoms with Crippen molar-refractivity contribution in [2.24, 2.45) is 16.7 Å². The molecule has 1 heterocycles. The normalized spacial score (nSPS) is 34.3. The van der Waals surface area contributed by atoms with Gasteiger partial charge >= 0.3 is 0 Å². The molecule has 1 heteroatoms. The monoisotopic (exact) mass is 267 g/mol. The topological polar surface area (TPSA) is 3.24 Å². The summed E-state index contributed by atoms with van der Waals surface area (Å²) in [5, 5.41) is 0. The highest BCUT2D eigenvalue weighted by Crippen LogP contribution is 2.43. The van der Waals surface area contributed by atoms with Crippen LogP contribution < -0.4 is 0 Å². The smallest absolute Gasteiger partial charge is 0.0101 e. The predicted octanol–water partition coefficient (Wildman–Crippen LogP) is 5.35. The van der Waals surface area contributed by atoms with Crippen LogP contribution in [0.2, 0.25) is 0 Å². The molecule has 2 unspecified atom stereocenters. The van der Waals surface area contributed by atoms with Gasteiger partial charge in [-0.05, 0) is 55.4 Å². The van der Waals surface area contributed by atoms with Gasteiger partial charge in [-0.25, -0.2) is 0 Å². The average Bonchev–Trinajstić information content (AvgIpc) is 2.34. The molecule has 0 radical (unpaired) electrons. The largest absolute Gasteiger partial charge is 0.300 e. The second-order valence-electron chi connectivity index (χ2n) is 8.06. The fourth-order valence-electron chi connectivity index (χ4n) is 3.84. The Balaban J connectivity index is 0.000000861. The van der Waals surface area contributed by atoms with Crippen LogP contribution in [-0.2, 0) is 0 Å². The summed E-state index contributed by atoms with van der Waals surface area (Å²) in [5.74, 6) is 0.900. The van der Waals surface area contributed by atoms with E-state index in [4.69, 9.17) is 0 Å². The summed E-state index contributed by atoms with van der Waals surface area (Å²) >= 11 is 0. The minimum absolute atomic E-state index is 0.546. The minimum atomic E-state index is 0.546. The third kappa shape index (κ3) is 4.48. The molecule has 0 aromatic heterocycles. The van der Waals surface area contributed by atoms with Crippen molar-refractivity contribution in [3.05, 3.63) is 0 Å². The third-order valence-electron chi connectivity index (χ3n) is 5.48. The van der Waals surface area contributed by atoms with Gasteiger partial charge in [-0.2, -0.15) is 0 Å². The van der Waals surface area contributed by atoms with Crippen molar-refractivity contribution in [2.45, 2.75) is 86.6 Å². The van der Waals surface area contributed by atoms with E-state index in [1.807, 2.05) is 13.8 Å². The highest BCUT2D eigenvalue weighted by Gasteiger charge is 2.38. The highest BCUT2D eigenvalue weighted by atomic mass is 15.2. The first-order chi connectivity index (χ1) is 8.80. The van der Waals surface area contributed by atoms with Gasteiger partial charge in [0.1, 0.15) is 0 Å². The van der Waals surface area contributed by atoms with Crippen LogP contribution in [-0.4, -0.2) is 24.0 Å². The van der Waals surface area contributed by atoms with Gasteiger partial charge < -0.3 is 0 Å². The van der Waals surface area contributed by atoms with Crippen molar-refractivity contribution in [2.75, 3.05) is 13.1 Å².